The predicted octanol–water partition coefficient (Wildman–Crippen LogP) is 0.534. The lowest BCUT2D eigenvalue weighted by atomic mass is 10.3. The van der Waals surface area contributed by atoms with Crippen molar-refractivity contribution in [3.63, 3.8) is 0 Å². The molecule has 0 aliphatic carbocycles. The first-order valence-corrected chi connectivity index (χ1v) is 4.03. The van der Waals surface area contributed by atoms with Gasteiger partial charge in [0.1, 0.15) is 0 Å². The Morgan fingerprint density at radius 1 is 1.75 bits per heavy atom. The molecule has 0 saturated carbocycles. The highest BCUT2D eigenvalue weighted by Gasteiger charge is 2.00. The van der Waals surface area contributed by atoms with Gasteiger partial charge in [0.05, 0.1) is 12.8 Å². The third-order valence-corrected chi connectivity index (χ3v) is 1.63. The Kier molecular flexibility index (Phi) is 3.76. The lowest BCUT2D eigenvalue weighted by Crippen LogP contribution is -2.29. The maximum atomic E-state index is 4.99. The van der Waals surface area contributed by atoms with Crippen LogP contribution in [0.25, 0.3) is 0 Å². The van der Waals surface area contributed by atoms with Gasteiger partial charge in [-0.25, -0.2) is 0 Å². The molecule has 0 aliphatic rings. The Balaban J connectivity index is 2.17. The van der Waals surface area contributed by atoms with Crippen LogP contribution in [0, 0.1) is 0 Å². The molecule has 0 saturated heterocycles. The van der Waals surface area contributed by atoms with E-state index in [-0.39, 0.29) is 0 Å². The van der Waals surface area contributed by atoms with E-state index in [9.17, 15) is 0 Å². The number of hydrogen-bond acceptors (Lipinski definition) is 3. The minimum Gasteiger partial charge on any atom is -0.383 e. The molecule has 1 aromatic heterocycles. The number of aromatic amines is 1. The molecule has 0 aliphatic heterocycles. The van der Waals surface area contributed by atoms with Crippen LogP contribution in [0.15, 0.2) is 12.4 Å². The first-order valence-electron chi connectivity index (χ1n) is 4.03. The lowest BCUT2D eigenvalue weighted by molar-refractivity contribution is 0.171. The molecule has 1 atom stereocenters. The summed E-state index contributed by atoms with van der Waals surface area (Å²) >= 11 is 0. The third-order valence-electron chi connectivity index (χ3n) is 1.63. The first-order chi connectivity index (χ1) is 5.83. The fourth-order valence-corrected chi connectivity index (χ4v) is 0.975. The van der Waals surface area contributed by atoms with Crippen LogP contribution in [0.3, 0.4) is 0 Å². The summed E-state index contributed by atoms with van der Waals surface area (Å²) in [5.74, 6) is 0. The summed E-state index contributed by atoms with van der Waals surface area (Å²) in [6.45, 7) is 3.66. The number of ether oxygens (including phenoxy) is 1. The smallest absolute Gasteiger partial charge is 0.0613 e. The van der Waals surface area contributed by atoms with E-state index in [2.05, 4.69) is 22.4 Å². The standard InChI is InChI=1S/C8H15N3O/c1-7(6-12-2)9-3-8-4-10-11-5-8/h4-5,7,9H,3,6H2,1-2H3,(H,10,11). The minimum atomic E-state index is 0.380. The molecule has 12 heavy (non-hydrogen) atoms. The van der Waals surface area contributed by atoms with Crippen LogP contribution in [0.5, 0.6) is 0 Å². The van der Waals surface area contributed by atoms with Gasteiger partial charge in [-0.15, -0.1) is 0 Å². The normalized spacial score (nSPS) is 13.2. The van der Waals surface area contributed by atoms with Gasteiger partial charge in [-0.2, -0.15) is 5.10 Å². The van der Waals surface area contributed by atoms with Crippen molar-refractivity contribution in [1.29, 1.82) is 0 Å². The molecule has 0 amide bonds. The number of rotatable bonds is 5. The molecule has 2 N–H and O–H groups in total. The highest BCUT2D eigenvalue weighted by Crippen LogP contribution is 1.93. The minimum absolute atomic E-state index is 0.380. The number of aromatic nitrogens is 2. The SMILES string of the molecule is COCC(C)NCc1cn[nH]c1. The molecule has 1 rings (SSSR count). The lowest BCUT2D eigenvalue weighted by Gasteiger charge is -2.10. The van der Waals surface area contributed by atoms with E-state index in [4.69, 9.17) is 4.74 Å². The van der Waals surface area contributed by atoms with Crippen molar-refractivity contribution in [2.24, 2.45) is 0 Å². The van der Waals surface area contributed by atoms with Crippen molar-refractivity contribution >= 4 is 0 Å². The Hall–Kier alpha value is -0.870. The van der Waals surface area contributed by atoms with Crippen molar-refractivity contribution in [1.82, 2.24) is 15.5 Å². The average molecular weight is 169 g/mol. The second kappa shape index (κ2) is 4.90. The van der Waals surface area contributed by atoms with Crippen LogP contribution in [0.2, 0.25) is 0 Å². The van der Waals surface area contributed by atoms with Crippen LogP contribution in [-0.4, -0.2) is 30.0 Å². The monoisotopic (exact) mass is 169 g/mol. The number of nitrogens with one attached hydrogen (secondary N) is 2. The highest BCUT2D eigenvalue weighted by molar-refractivity contribution is 5.01. The van der Waals surface area contributed by atoms with Gasteiger partial charge in [0.15, 0.2) is 0 Å². The van der Waals surface area contributed by atoms with Crippen molar-refractivity contribution in [2.75, 3.05) is 13.7 Å². The second-order valence-electron chi connectivity index (χ2n) is 2.84. The fourth-order valence-electron chi connectivity index (χ4n) is 0.975. The summed E-state index contributed by atoms with van der Waals surface area (Å²) in [7, 11) is 1.70. The van der Waals surface area contributed by atoms with Crippen LogP contribution >= 0.6 is 0 Å². The van der Waals surface area contributed by atoms with Crippen LogP contribution < -0.4 is 5.32 Å². The van der Waals surface area contributed by atoms with Gasteiger partial charge in [-0.05, 0) is 6.92 Å². The molecule has 1 aromatic rings. The number of methoxy groups -OCH3 is 1. The Morgan fingerprint density at radius 2 is 2.58 bits per heavy atom. The van der Waals surface area contributed by atoms with E-state index >= 15 is 0 Å². The molecular weight excluding hydrogens is 154 g/mol. The van der Waals surface area contributed by atoms with Crippen molar-refractivity contribution in [3.05, 3.63) is 18.0 Å². The van der Waals surface area contributed by atoms with Crippen molar-refractivity contribution in [3.8, 4) is 0 Å². The molecule has 1 unspecified atom stereocenters. The Labute approximate surface area is 72.3 Å². The Bertz CT molecular complexity index is 198. The van der Waals surface area contributed by atoms with E-state index in [1.54, 1.807) is 7.11 Å². The third kappa shape index (κ3) is 3.02. The van der Waals surface area contributed by atoms with Gasteiger partial charge in [-0.3, -0.25) is 5.10 Å². The molecule has 0 bridgehead atoms. The summed E-state index contributed by atoms with van der Waals surface area (Å²) in [4.78, 5) is 0. The zero-order valence-electron chi connectivity index (χ0n) is 7.50. The summed E-state index contributed by atoms with van der Waals surface area (Å²) in [5, 5.41) is 9.92. The zero-order chi connectivity index (χ0) is 8.81. The summed E-state index contributed by atoms with van der Waals surface area (Å²) in [6, 6.07) is 0.380. The number of hydrogen-bond donors (Lipinski definition) is 2. The molecule has 0 aromatic carbocycles. The second-order valence-corrected chi connectivity index (χ2v) is 2.84. The summed E-state index contributed by atoms with van der Waals surface area (Å²) in [6.07, 6.45) is 3.69. The molecule has 0 radical (unpaired) electrons. The van der Waals surface area contributed by atoms with Gasteiger partial charge in [-0.1, -0.05) is 0 Å². The largest absolute Gasteiger partial charge is 0.383 e. The van der Waals surface area contributed by atoms with Gasteiger partial charge in [0.2, 0.25) is 0 Å². The van der Waals surface area contributed by atoms with Crippen molar-refractivity contribution < 1.29 is 4.74 Å². The van der Waals surface area contributed by atoms with Gasteiger partial charge >= 0.3 is 0 Å². The molecule has 1 heterocycles. The summed E-state index contributed by atoms with van der Waals surface area (Å²) in [5.41, 5.74) is 1.16. The maximum Gasteiger partial charge on any atom is 0.0613 e. The number of nitrogens with zero attached hydrogens (tertiary/aromatic N) is 1. The van der Waals surface area contributed by atoms with Gasteiger partial charge in [0.25, 0.3) is 0 Å². The molecule has 0 spiro atoms. The van der Waals surface area contributed by atoms with Crippen molar-refractivity contribution in [2.45, 2.75) is 19.5 Å². The molecule has 4 heteroatoms. The van der Waals surface area contributed by atoms with Gasteiger partial charge in [0, 0.05) is 31.5 Å². The quantitative estimate of drug-likeness (QED) is 0.676. The molecule has 68 valence electrons. The Morgan fingerprint density at radius 3 is 3.17 bits per heavy atom. The molecule has 4 nitrogen and oxygen atoms in total. The fraction of sp³-hybridized carbons (Fsp3) is 0.625. The highest BCUT2D eigenvalue weighted by atomic mass is 16.5. The maximum absolute atomic E-state index is 4.99. The van der Waals surface area contributed by atoms with E-state index in [1.807, 2.05) is 12.4 Å². The van der Waals surface area contributed by atoms with Gasteiger partial charge < -0.3 is 10.1 Å². The molecular formula is C8H15N3O. The van der Waals surface area contributed by atoms with E-state index in [0.29, 0.717) is 6.04 Å². The van der Waals surface area contributed by atoms with E-state index < -0.39 is 0 Å². The summed E-state index contributed by atoms with van der Waals surface area (Å²) < 4.78 is 4.99. The van der Waals surface area contributed by atoms with E-state index in [0.717, 1.165) is 18.7 Å². The van der Waals surface area contributed by atoms with Crippen LogP contribution in [0.4, 0.5) is 0 Å². The molecule has 0 fully saturated rings. The topological polar surface area (TPSA) is 49.9 Å². The predicted molar refractivity (Wildman–Crippen MR) is 46.8 cm³/mol. The van der Waals surface area contributed by atoms with Crippen LogP contribution in [0.1, 0.15) is 12.5 Å². The number of H-pyrrole nitrogens is 1. The first kappa shape index (κ1) is 9.22. The average Bonchev–Trinajstić information content (AvgIpc) is 2.53. The zero-order valence-corrected chi connectivity index (χ0v) is 7.50. The van der Waals surface area contributed by atoms with Crippen LogP contribution in [-0.2, 0) is 11.3 Å². The van der Waals surface area contributed by atoms with E-state index in [1.165, 1.54) is 0 Å².